The number of nitrogens with one attached hydrogen (secondary N) is 1. The van der Waals surface area contributed by atoms with Crippen molar-refractivity contribution in [3.8, 4) is 0 Å². The van der Waals surface area contributed by atoms with Gasteiger partial charge in [-0.1, -0.05) is 6.92 Å². The van der Waals surface area contributed by atoms with E-state index < -0.39 is 0 Å². The van der Waals surface area contributed by atoms with E-state index in [1.807, 2.05) is 35.0 Å². The first kappa shape index (κ1) is 17.1. The summed E-state index contributed by atoms with van der Waals surface area (Å²) in [6, 6.07) is 1.89. The maximum Gasteiger partial charge on any atom is 0.227 e. The van der Waals surface area contributed by atoms with Gasteiger partial charge in [0.05, 0.1) is 12.5 Å². The van der Waals surface area contributed by atoms with Crippen molar-refractivity contribution in [1.29, 1.82) is 0 Å². The summed E-state index contributed by atoms with van der Waals surface area (Å²) >= 11 is 0. The minimum absolute atomic E-state index is 0.0565. The molecule has 1 saturated heterocycles. The smallest absolute Gasteiger partial charge is 0.227 e. The third-order valence-electron chi connectivity index (χ3n) is 5.44. The van der Waals surface area contributed by atoms with Crippen LogP contribution in [0.15, 0.2) is 24.7 Å². The van der Waals surface area contributed by atoms with Crippen molar-refractivity contribution in [3.63, 3.8) is 0 Å². The first-order valence-corrected chi connectivity index (χ1v) is 9.52. The van der Waals surface area contributed by atoms with Gasteiger partial charge in [0.25, 0.3) is 0 Å². The number of fused-ring (bicyclic) bond motifs is 1. The van der Waals surface area contributed by atoms with Crippen LogP contribution in [0.1, 0.15) is 42.8 Å². The Morgan fingerprint density at radius 3 is 3.00 bits per heavy atom. The first-order valence-electron chi connectivity index (χ1n) is 9.52. The fourth-order valence-electron chi connectivity index (χ4n) is 3.89. The van der Waals surface area contributed by atoms with Crippen LogP contribution in [0.25, 0.3) is 0 Å². The zero-order valence-corrected chi connectivity index (χ0v) is 15.3. The van der Waals surface area contributed by atoms with Crippen molar-refractivity contribution >= 4 is 5.91 Å². The third-order valence-corrected chi connectivity index (χ3v) is 5.44. The SMILES string of the molecule is C[C@@H](Cn1cccn1)C(=O)N1CCC(c2ncc3c(n2)CCNC3)CC1. The second-order valence-electron chi connectivity index (χ2n) is 7.36. The molecule has 1 atom stereocenters. The Bertz CT molecular complexity index is 751. The highest BCUT2D eigenvalue weighted by Crippen LogP contribution is 2.27. The van der Waals surface area contributed by atoms with E-state index in [0.29, 0.717) is 12.5 Å². The lowest BCUT2D eigenvalue weighted by Gasteiger charge is -2.33. The Labute approximate surface area is 153 Å². The summed E-state index contributed by atoms with van der Waals surface area (Å²) in [5.41, 5.74) is 2.42. The molecule has 1 N–H and O–H groups in total. The molecular weight excluding hydrogens is 328 g/mol. The number of carbonyl (C=O) groups is 1. The molecule has 138 valence electrons. The molecule has 2 aliphatic heterocycles. The van der Waals surface area contributed by atoms with Crippen LogP contribution in [0.2, 0.25) is 0 Å². The number of rotatable bonds is 4. The Morgan fingerprint density at radius 2 is 2.23 bits per heavy atom. The van der Waals surface area contributed by atoms with Crippen LogP contribution in [0.3, 0.4) is 0 Å². The van der Waals surface area contributed by atoms with Gasteiger partial charge in [-0.05, 0) is 18.9 Å². The van der Waals surface area contributed by atoms with Gasteiger partial charge >= 0.3 is 0 Å². The molecule has 1 amide bonds. The number of nitrogens with zero attached hydrogens (tertiary/aromatic N) is 5. The predicted octanol–water partition coefficient (Wildman–Crippen LogP) is 1.36. The van der Waals surface area contributed by atoms with Crippen molar-refractivity contribution < 1.29 is 4.79 Å². The van der Waals surface area contributed by atoms with Crippen LogP contribution in [0.5, 0.6) is 0 Å². The molecule has 0 aliphatic carbocycles. The zero-order chi connectivity index (χ0) is 17.9. The quantitative estimate of drug-likeness (QED) is 0.897. The van der Waals surface area contributed by atoms with Gasteiger partial charge in [-0.2, -0.15) is 5.10 Å². The number of likely N-dealkylation sites (tertiary alicyclic amines) is 1. The fourth-order valence-corrected chi connectivity index (χ4v) is 3.89. The summed E-state index contributed by atoms with van der Waals surface area (Å²) in [6.45, 7) is 6.05. The number of hydrogen-bond acceptors (Lipinski definition) is 5. The molecule has 4 heterocycles. The van der Waals surface area contributed by atoms with E-state index in [4.69, 9.17) is 4.98 Å². The van der Waals surface area contributed by atoms with E-state index in [-0.39, 0.29) is 11.8 Å². The molecule has 4 rings (SSSR count). The second-order valence-corrected chi connectivity index (χ2v) is 7.36. The average Bonchev–Trinajstić information content (AvgIpc) is 3.20. The van der Waals surface area contributed by atoms with Gasteiger partial charge in [0, 0.05) is 68.4 Å². The zero-order valence-electron chi connectivity index (χ0n) is 15.3. The highest BCUT2D eigenvalue weighted by Gasteiger charge is 2.28. The largest absolute Gasteiger partial charge is 0.342 e. The van der Waals surface area contributed by atoms with E-state index >= 15 is 0 Å². The summed E-state index contributed by atoms with van der Waals surface area (Å²) in [5, 5.41) is 7.55. The van der Waals surface area contributed by atoms with Crippen molar-refractivity contribution in [2.75, 3.05) is 19.6 Å². The predicted molar refractivity (Wildman–Crippen MR) is 97.4 cm³/mol. The molecular formula is C19H26N6O. The highest BCUT2D eigenvalue weighted by atomic mass is 16.2. The number of carbonyl (C=O) groups excluding carboxylic acids is 1. The molecule has 1 fully saturated rings. The van der Waals surface area contributed by atoms with E-state index in [1.165, 1.54) is 11.3 Å². The van der Waals surface area contributed by atoms with Crippen molar-refractivity contribution in [2.45, 2.75) is 45.2 Å². The molecule has 0 aromatic carbocycles. The molecule has 2 aliphatic rings. The first-order chi connectivity index (χ1) is 12.7. The normalized spacial score (nSPS) is 19.2. The number of hydrogen-bond donors (Lipinski definition) is 1. The Balaban J connectivity index is 1.34. The van der Waals surface area contributed by atoms with Crippen LogP contribution in [-0.4, -0.2) is 50.2 Å². The molecule has 0 unspecified atom stereocenters. The van der Waals surface area contributed by atoms with Gasteiger partial charge in [-0.3, -0.25) is 9.48 Å². The van der Waals surface area contributed by atoms with Crippen LogP contribution in [-0.2, 0) is 24.3 Å². The highest BCUT2D eigenvalue weighted by molar-refractivity contribution is 5.78. The molecule has 2 aromatic rings. The summed E-state index contributed by atoms with van der Waals surface area (Å²) in [7, 11) is 0. The average molecular weight is 354 g/mol. The van der Waals surface area contributed by atoms with Gasteiger partial charge in [-0.15, -0.1) is 0 Å². The Morgan fingerprint density at radius 1 is 1.38 bits per heavy atom. The van der Waals surface area contributed by atoms with Crippen molar-refractivity contribution in [3.05, 3.63) is 41.7 Å². The van der Waals surface area contributed by atoms with Crippen LogP contribution in [0.4, 0.5) is 0 Å². The van der Waals surface area contributed by atoms with E-state index in [1.54, 1.807) is 6.20 Å². The molecule has 7 heteroatoms. The minimum atomic E-state index is -0.0565. The fraction of sp³-hybridized carbons (Fsp3) is 0.579. The van der Waals surface area contributed by atoms with Crippen LogP contribution >= 0.6 is 0 Å². The summed E-state index contributed by atoms with van der Waals surface area (Å²) in [5.74, 6) is 1.48. The third kappa shape index (κ3) is 3.62. The number of amides is 1. The Hall–Kier alpha value is -2.28. The van der Waals surface area contributed by atoms with Crippen molar-refractivity contribution in [2.24, 2.45) is 5.92 Å². The minimum Gasteiger partial charge on any atom is -0.342 e. The van der Waals surface area contributed by atoms with E-state index in [9.17, 15) is 4.79 Å². The van der Waals surface area contributed by atoms with Gasteiger partial charge in [0.1, 0.15) is 5.82 Å². The molecule has 0 radical (unpaired) electrons. The number of aromatic nitrogens is 4. The van der Waals surface area contributed by atoms with Gasteiger partial charge < -0.3 is 10.2 Å². The second kappa shape index (κ2) is 7.53. The van der Waals surface area contributed by atoms with Gasteiger partial charge in [0.15, 0.2) is 0 Å². The van der Waals surface area contributed by atoms with Gasteiger partial charge in [0.2, 0.25) is 5.91 Å². The monoisotopic (exact) mass is 354 g/mol. The molecule has 2 aromatic heterocycles. The van der Waals surface area contributed by atoms with Crippen LogP contribution < -0.4 is 5.32 Å². The lowest BCUT2D eigenvalue weighted by molar-refractivity contribution is -0.136. The summed E-state index contributed by atoms with van der Waals surface area (Å²) in [6.07, 6.45) is 8.49. The lowest BCUT2D eigenvalue weighted by atomic mass is 9.94. The maximum atomic E-state index is 12.7. The number of piperidine rings is 1. The molecule has 7 nitrogen and oxygen atoms in total. The molecule has 0 bridgehead atoms. The topological polar surface area (TPSA) is 75.9 Å². The van der Waals surface area contributed by atoms with Crippen LogP contribution in [0, 0.1) is 5.92 Å². The molecule has 0 spiro atoms. The molecule has 26 heavy (non-hydrogen) atoms. The molecule has 0 saturated carbocycles. The van der Waals surface area contributed by atoms with E-state index in [0.717, 1.165) is 51.3 Å². The summed E-state index contributed by atoms with van der Waals surface area (Å²) < 4.78 is 1.82. The standard InChI is InChI=1S/C19H26N6O/c1-14(13-25-8-2-6-22-25)19(26)24-9-4-15(5-10-24)18-21-12-16-11-20-7-3-17(16)23-18/h2,6,8,12,14-15,20H,3-5,7,9-11,13H2,1H3/t14-/m0/s1. The summed E-state index contributed by atoms with van der Waals surface area (Å²) in [4.78, 5) is 24.1. The van der Waals surface area contributed by atoms with Gasteiger partial charge in [-0.25, -0.2) is 9.97 Å². The maximum absolute atomic E-state index is 12.7. The Kier molecular flexibility index (Phi) is 4.97. The van der Waals surface area contributed by atoms with Crippen molar-refractivity contribution in [1.82, 2.24) is 30.0 Å². The lowest BCUT2D eigenvalue weighted by Crippen LogP contribution is -2.42. The van der Waals surface area contributed by atoms with E-state index in [2.05, 4.69) is 15.4 Å².